The molecule has 135 valence electrons. The van der Waals surface area contributed by atoms with Crippen molar-refractivity contribution in [2.24, 2.45) is 5.92 Å². The highest BCUT2D eigenvalue weighted by molar-refractivity contribution is 6.58. The lowest BCUT2D eigenvalue weighted by Crippen LogP contribution is -2.24. The van der Waals surface area contributed by atoms with E-state index in [1.807, 2.05) is 0 Å². The molecule has 1 aromatic rings. The number of hydrogen-bond acceptors (Lipinski definition) is 2. The molecule has 0 amide bonds. The maximum Gasteiger partial charge on any atom is 0.573 e. The van der Waals surface area contributed by atoms with Crippen molar-refractivity contribution in [2.75, 3.05) is 6.61 Å². The molecule has 1 heterocycles. The van der Waals surface area contributed by atoms with Crippen molar-refractivity contribution in [1.29, 1.82) is 0 Å². The third-order valence-corrected chi connectivity index (χ3v) is 7.54. The second-order valence-corrected chi connectivity index (χ2v) is 9.48. The van der Waals surface area contributed by atoms with Crippen LogP contribution in [0.3, 0.4) is 0 Å². The van der Waals surface area contributed by atoms with Crippen molar-refractivity contribution in [3.63, 3.8) is 0 Å². The molecule has 0 N–H and O–H groups in total. The van der Waals surface area contributed by atoms with Gasteiger partial charge in [0.2, 0.25) is 0 Å². The predicted molar refractivity (Wildman–Crippen MR) is 91.0 cm³/mol. The van der Waals surface area contributed by atoms with Crippen LogP contribution in [0.1, 0.15) is 39.0 Å². The Hall–Kier alpha value is -1.17. The number of hydrogen-bond donors (Lipinski definition) is 0. The Morgan fingerprint density at radius 3 is 2.25 bits per heavy atom. The molecule has 0 spiro atoms. The fourth-order valence-corrected chi connectivity index (χ4v) is 6.21. The smallest absolute Gasteiger partial charge is 0.493 e. The van der Waals surface area contributed by atoms with Gasteiger partial charge >= 0.3 is 6.36 Å². The Morgan fingerprint density at radius 2 is 1.67 bits per heavy atom. The van der Waals surface area contributed by atoms with Crippen LogP contribution in [0.2, 0.25) is 18.1 Å². The minimum atomic E-state index is -4.65. The van der Waals surface area contributed by atoms with Gasteiger partial charge in [0.15, 0.2) is 0 Å². The van der Waals surface area contributed by atoms with Gasteiger partial charge in [-0.2, -0.15) is 0 Å². The lowest BCUT2D eigenvalue weighted by Gasteiger charge is -2.27. The molecular formula is C18H26F3O2Si. The Kier molecular flexibility index (Phi) is 7.46. The molecule has 24 heavy (non-hydrogen) atoms. The SMILES string of the molecule is CCCCC[Si]1CCC(COc2ccc(OC(F)(F)F)cc2)CC1. The van der Waals surface area contributed by atoms with Gasteiger partial charge in [0, 0.05) is 8.80 Å². The zero-order valence-corrected chi connectivity index (χ0v) is 15.2. The molecule has 0 unspecified atom stereocenters. The number of rotatable bonds is 8. The third-order valence-electron chi connectivity index (χ3n) is 4.49. The molecule has 0 bridgehead atoms. The average molecular weight is 359 g/mol. The number of alkyl halides is 3. The van der Waals surface area contributed by atoms with E-state index >= 15 is 0 Å². The highest BCUT2D eigenvalue weighted by atomic mass is 28.3. The Bertz CT molecular complexity index is 468. The Balaban J connectivity index is 1.67. The van der Waals surface area contributed by atoms with E-state index in [9.17, 15) is 13.2 Å². The van der Waals surface area contributed by atoms with Gasteiger partial charge in [-0.3, -0.25) is 0 Å². The summed E-state index contributed by atoms with van der Waals surface area (Å²) >= 11 is 0. The maximum atomic E-state index is 12.1. The second kappa shape index (κ2) is 9.35. The Labute approximate surface area is 144 Å². The molecule has 0 aliphatic carbocycles. The molecule has 2 nitrogen and oxygen atoms in total. The number of halogens is 3. The first-order chi connectivity index (χ1) is 11.5. The zero-order valence-electron chi connectivity index (χ0n) is 14.2. The van der Waals surface area contributed by atoms with Crippen molar-refractivity contribution in [1.82, 2.24) is 0 Å². The van der Waals surface area contributed by atoms with Gasteiger partial charge in [-0.25, -0.2) is 0 Å². The summed E-state index contributed by atoms with van der Waals surface area (Å²) in [6.45, 7) is 2.90. The van der Waals surface area contributed by atoms with Crippen LogP contribution in [-0.2, 0) is 0 Å². The van der Waals surface area contributed by atoms with Crippen LogP contribution in [0, 0.1) is 5.92 Å². The minimum absolute atomic E-state index is 0.136. The molecule has 1 saturated heterocycles. The van der Waals surface area contributed by atoms with Crippen LogP contribution in [0.25, 0.3) is 0 Å². The summed E-state index contributed by atoms with van der Waals surface area (Å²) in [6.07, 6.45) is 1.85. The Morgan fingerprint density at radius 1 is 1.04 bits per heavy atom. The monoisotopic (exact) mass is 359 g/mol. The zero-order chi connectivity index (χ0) is 17.4. The fourth-order valence-electron chi connectivity index (χ4n) is 3.08. The summed E-state index contributed by atoms with van der Waals surface area (Å²) in [5.41, 5.74) is 0. The van der Waals surface area contributed by atoms with Crippen LogP contribution in [0.5, 0.6) is 11.5 Å². The van der Waals surface area contributed by atoms with Gasteiger partial charge in [-0.15, -0.1) is 13.2 Å². The molecule has 2 rings (SSSR count). The van der Waals surface area contributed by atoms with Gasteiger partial charge in [-0.05, 0) is 43.0 Å². The predicted octanol–water partition coefficient (Wildman–Crippen LogP) is 6.06. The van der Waals surface area contributed by atoms with Gasteiger partial charge in [0.05, 0.1) is 6.61 Å². The van der Waals surface area contributed by atoms with Gasteiger partial charge in [-0.1, -0.05) is 44.3 Å². The lowest BCUT2D eigenvalue weighted by atomic mass is 10.0. The van der Waals surface area contributed by atoms with Crippen molar-refractivity contribution >= 4 is 8.80 Å². The first kappa shape index (κ1) is 19.2. The summed E-state index contributed by atoms with van der Waals surface area (Å²) in [5, 5.41) is 0. The van der Waals surface area contributed by atoms with Crippen molar-refractivity contribution in [3.8, 4) is 11.5 Å². The van der Waals surface area contributed by atoms with E-state index in [4.69, 9.17) is 4.74 Å². The number of ether oxygens (including phenoxy) is 2. The van der Waals surface area contributed by atoms with E-state index in [-0.39, 0.29) is 14.5 Å². The van der Waals surface area contributed by atoms with Crippen molar-refractivity contribution in [3.05, 3.63) is 24.3 Å². The summed E-state index contributed by atoms with van der Waals surface area (Å²) < 4.78 is 45.9. The summed E-state index contributed by atoms with van der Waals surface area (Å²) in [6, 6.07) is 9.85. The largest absolute Gasteiger partial charge is 0.573 e. The molecule has 0 atom stereocenters. The van der Waals surface area contributed by atoms with Crippen LogP contribution in [-0.4, -0.2) is 21.8 Å². The molecule has 1 aliphatic rings. The highest BCUT2D eigenvalue weighted by Crippen LogP contribution is 2.29. The van der Waals surface area contributed by atoms with Crippen molar-refractivity contribution < 1.29 is 22.6 Å². The molecule has 6 heteroatoms. The van der Waals surface area contributed by atoms with E-state index in [0.717, 1.165) is 0 Å². The van der Waals surface area contributed by atoms with Gasteiger partial charge in [0.25, 0.3) is 0 Å². The summed E-state index contributed by atoms with van der Waals surface area (Å²) in [4.78, 5) is 0. The molecule has 1 radical (unpaired) electrons. The number of benzene rings is 1. The van der Waals surface area contributed by atoms with E-state index in [1.54, 1.807) is 0 Å². The molecule has 1 fully saturated rings. The van der Waals surface area contributed by atoms with Gasteiger partial charge in [0.1, 0.15) is 11.5 Å². The normalized spacial score (nSPS) is 17.0. The van der Waals surface area contributed by atoms with Crippen LogP contribution < -0.4 is 9.47 Å². The molecular weight excluding hydrogens is 333 g/mol. The molecule has 1 aliphatic heterocycles. The van der Waals surface area contributed by atoms with E-state index < -0.39 is 6.36 Å². The number of unbranched alkanes of at least 4 members (excludes halogenated alkanes) is 2. The first-order valence-corrected chi connectivity index (χ1v) is 10.9. The van der Waals surface area contributed by atoms with Crippen LogP contribution in [0.15, 0.2) is 24.3 Å². The maximum absolute atomic E-state index is 12.1. The van der Waals surface area contributed by atoms with E-state index in [0.29, 0.717) is 18.3 Å². The standard InChI is InChI=1S/C18H26F3O2Si/c1-2-3-4-11-24-12-9-15(10-13-24)14-22-16-5-7-17(8-6-16)23-18(19,20)21/h5-8,15H,2-4,9-14H2,1H3. The average Bonchev–Trinajstić information content (AvgIpc) is 2.54. The van der Waals surface area contributed by atoms with Crippen LogP contribution >= 0.6 is 0 Å². The fraction of sp³-hybridized carbons (Fsp3) is 0.667. The summed E-state index contributed by atoms with van der Waals surface area (Å²) in [7, 11) is -0.136. The quantitative estimate of drug-likeness (QED) is 0.415. The molecule has 0 saturated carbocycles. The highest BCUT2D eigenvalue weighted by Gasteiger charge is 2.31. The lowest BCUT2D eigenvalue weighted by molar-refractivity contribution is -0.274. The summed E-state index contributed by atoms with van der Waals surface area (Å²) in [5.74, 6) is 0.964. The minimum Gasteiger partial charge on any atom is -0.493 e. The van der Waals surface area contributed by atoms with E-state index in [2.05, 4.69) is 11.7 Å². The van der Waals surface area contributed by atoms with Crippen LogP contribution in [0.4, 0.5) is 13.2 Å². The molecule has 1 aromatic carbocycles. The molecule has 0 aromatic heterocycles. The van der Waals surface area contributed by atoms with Gasteiger partial charge < -0.3 is 9.47 Å². The first-order valence-electron chi connectivity index (χ1n) is 8.78. The van der Waals surface area contributed by atoms with E-state index in [1.165, 1.54) is 74.5 Å². The van der Waals surface area contributed by atoms with Crippen molar-refractivity contribution in [2.45, 2.75) is 63.5 Å². The third kappa shape index (κ3) is 7.15. The topological polar surface area (TPSA) is 18.5 Å². The second-order valence-electron chi connectivity index (χ2n) is 6.48.